The van der Waals surface area contributed by atoms with E-state index in [4.69, 9.17) is 0 Å². The molecule has 0 bridgehead atoms. The average Bonchev–Trinajstić information content (AvgIpc) is 2.15. The molecule has 0 saturated carbocycles. The summed E-state index contributed by atoms with van der Waals surface area (Å²) in [4.78, 5) is 0. The highest BCUT2D eigenvalue weighted by molar-refractivity contribution is 9.10. The smallest absolute Gasteiger partial charge is 0.0178 e. The molecule has 2 atom stereocenters. The minimum Gasteiger partial charge on any atom is -0.0651 e. The van der Waals surface area contributed by atoms with Crippen molar-refractivity contribution in [3.05, 3.63) is 34.3 Å². The van der Waals surface area contributed by atoms with E-state index in [1.54, 1.807) is 0 Å². The second-order valence-electron chi connectivity index (χ2n) is 3.73. The fourth-order valence-electron chi connectivity index (χ4n) is 1.47. The van der Waals surface area contributed by atoms with E-state index in [0.29, 0.717) is 5.92 Å². The molecule has 0 aliphatic rings. The lowest BCUT2D eigenvalue weighted by Crippen LogP contribution is -2.04. The van der Waals surface area contributed by atoms with Gasteiger partial charge >= 0.3 is 0 Å². The lowest BCUT2D eigenvalue weighted by atomic mass is 9.87. The predicted molar refractivity (Wildman–Crippen MR) is 62.0 cm³/mol. The zero-order valence-corrected chi connectivity index (χ0v) is 10.1. The van der Waals surface area contributed by atoms with Gasteiger partial charge in [0.1, 0.15) is 0 Å². The minimum atomic E-state index is 0.655. The number of halogens is 1. The minimum absolute atomic E-state index is 0.655. The summed E-state index contributed by atoms with van der Waals surface area (Å²) >= 11 is 3.50. The number of rotatable bonds is 3. The topological polar surface area (TPSA) is 0 Å². The van der Waals surface area contributed by atoms with Gasteiger partial charge in [-0.25, -0.2) is 0 Å². The molecule has 0 amide bonds. The number of hydrogen-bond acceptors (Lipinski definition) is 0. The van der Waals surface area contributed by atoms with Gasteiger partial charge in [-0.1, -0.05) is 55.3 Å². The Hall–Kier alpha value is -0.300. The van der Waals surface area contributed by atoms with Crippen molar-refractivity contribution in [3.63, 3.8) is 0 Å². The first kappa shape index (κ1) is 10.8. The molecule has 0 N–H and O–H groups in total. The largest absolute Gasteiger partial charge is 0.0651 e. The van der Waals surface area contributed by atoms with Gasteiger partial charge in [0, 0.05) is 4.47 Å². The van der Waals surface area contributed by atoms with Crippen LogP contribution < -0.4 is 0 Å². The van der Waals surface area contributed by atoms with Crippen LogP contribution in [0.4, 0.5) is 0 Å². The molecule has 1 aromatic rings. The molecule has 0 aromatic heterocycles. The van der Waals surface area contributed by atoms with E-state index >= 15 is 0 Å². The van der Waals surface area contributed by atoms with Gasteiger partial charge in [-0.15, -0.1) is 0 Å². The first-order valence-electron chi connectivity index (χ1n) is 4.90. The Labute approximate surface area is 89.5 Å². The van der Waals surface area contributed by atoms with Crippen molar-refractivity contribution in [2.24, 2.45) is 5.92 Å². The van der Waals surface area contributed by atoms with Gasteiger partial charge in [0.05, 0.1) is 0 Å². The molecule has 0 heterocycles. The van der Waals surface area contributed by atoms with Gasteiger partial charge in [-0.05, 0) is 29.5 Å². The summed E-state index contributed by atoms with van der Waals surface area (Å²) in [6, 6.07) is 8.61. The molecule has 72 valence electrons. The van der Waals surface area contributed by atoms with Crippen molar-refractivity contribution >= 4 is 15.9 Å². The maximum atomic E-state index is 3.50. The van der Waals surface area contributed by atoms with E-state index in [1.165, 1.54) is 16.5 Å². The third-order valence-electron chi connectivity index (χ3n) is 2.87. The summed E-state index contributed by atoms with van der Waals surface area (Å²) in [6.45, 7) is 6.86. The molecular weight excluding hydrogens is 224 g/mol. The van der Waals surface area contributed by atoms with E-state index < -0.39 is 0 Å². The van der Waals surface area contributed by atoms with Gasteiger partial charge in [0.15, 0.2) is 0 Å². The maximum absolute atomic E-state index is 3.50. The molecule has 0 saturated heterocycles. The van der Waals surface area contributed by atoms with Crippen molar-refractivity contribution in [3.8, 4) is 0 Å². The Balaban J connectivity index is 2.82. The van der Waals surface area contributed by atoms with Crippen LogP contribution in [0.3, 0.4) is 0 Å². The average molecular weight is 241 g/mol. The van der Waals surface area contributed by atoms with Crippen molar-refractivity contribution in [1.82, 2.24) is 0 Å². The molecule has 1 heteroatoms. The van der Waals surface area contributed by atoms with Crippen LogP contribution in [-0.4, -0.2) is 0 Å². The third-order valence-corrected chi connectivity index (χ3v) is 3.37. The Kier molecular flexibility index (Phi) is 3.98. The molecule has 1 rings (SSSR count). The van der Waals surface area contributed by atoms with Crippen LogP contribution in [0.25, 0.3) is 0 Å². The fraction of sp³-hybridized carbons (Fsp3) is 0.500. The van der Waals surface area contributed by atoms with Crippen LogP contribution in [0.15, 0.2) is 28.7 Å². The summed E-state index contributed by atoms with van der Waals surface area (Å²) in [6.07, 6.45) is 1.24. The van der Waals surface area contributed by atoms with Crippen molar-refractivity contribution < 1.29 is 0 Å². The molecule has 0 aliphatic carbocycles. The van der Waals surface area contributed by atoms with Gasteiger partial charge in [0.2, 0.25) is 0 Å². The van der Waals surface area contributed by atoms with Gasteiger partial charge in [-0.2, -0.15) is 0 Å². The van der Waals surface area contributed by atoms with Gasteiger partial charge in [0.25, 0.3) is 0 Å². The SMILES string of the molecule is CCC(C)C(C)c1cccc(Br)c1. The summed E-state index contributed by atoms with van der Waals surface area (Å²) in [5.74, 6) is 1.41. The third kappa shape index (κ3) is 2.84. The molecule has 0 aliphatic heterocycles. The number of benzene rings is 1. The van der Waals surface area contributed by atoms with Crippen LogP contribution in [0.2, 0.25) is 0 Å². The first-order chi connectivity index (χ1) is 6.15. The van der Waals surface area contributed by atoms with Gasteiger partial charge in [-0.3, -0.25) is 0 Å². The molecular formula is C12H17Br. The quantitative estimate of drug-likeness (QED) is 0.725. The Bertz CT molecular complexity index is 268. The van der Waals surface area contributed by atoms with Crippen LogP contribution in [0.5, 0.6) is 0 Å². The van der Waals surface area contributed by atoms with Crippen LogP contribution in [-0.2, 0) is 0 Å². The Morgan fingerprint density at radius 1 is 1.31 bits per heavy atom. The first-order valence-corrected chi connectivity index (χ1v) is 5.70. The van der Waals surface area contributed by atoms with E-state index in [9.17, 15) is 0 Å². The van der Waals surface area contributed by atoms with Gasteiger partial charge < -0.3 is 0 Å². The zero-order chi connectivity index (χ0) is 9.84. The highest BCUT2D eigenvalue weighted by Gasteiger charge is 2.11. The molecule has 0 radical (unpaired) electrons. The number of hydrogen-bond donors (Lipinski definition) is 0. The molecule has 0 nitrogen and oxygen atoms in total. The van der Waals surface area contributed by atoms with E-state index in [-0.39, 0.29) is 0 Å². The molecule has 0 fully saturated rings. The Morgan fingerprint density at radius 3 is 2.54 bits per heavy atom. The second-order valence-corrected chi connectivity index (χ2v) is 4.64. The van der Waals surface area contributed by atoms with Crippen LogP contribution >= 0.6 is 15.9 Å². The van der Waals surface area contributed by atoms with E-state index in [2.05, 4.69) is 61.0 Å². The highest BCUT2D eigenvalue weighted by atomic mass is 79.9. The highest BCUT2D eigenvalue weighted by Crippen LogP contribution is 2.27. The standard InChI is InChI=1S/C12H17Br/c1-4-9(2)10(3)11-6-5-7-12(13)8-11/h5-10H,4H2,1-3H3. The summed E-state index contributed by atoms with van der Waals surface area (Å²) in [5.41, 5.74) is 1.43. The van der Waals surface area contributed by atoms with Crippen molar-refractivity contribution in [1.29, 1.82) is 0 Å². The maximum Gasteiger partial charge on any atom is 0.0178 e. The monoisotopic (exact) mass is 240 g/mol. The molecule has 13 heavy (non-hydrogen) atoms. The summed E-state index contributed by atoms with van der Waals surface area (Å²) in [7, 11) is 0. The molecule has 0 spiro atoms. The second kappa shape index (κ2) is 4.80. The Morgan fingerprint density at radius 2 is 2.00 bits per heavy atom. The van der Waals surface area contributed by atoms with Crippen LogP contribution in [0, 0.1) is 5.92 Å². The molecule has 2 unspecified atom stereocenters. The lowest BCUT2D eigenvalue weighted by molar-refractivity contribution is 0.473. The van der Waals surface area contributed by atoms with Crippen molar-refractivity contribution in [2.45, 2.75) is 33.1 Å². The van der Waals surface area contributed by atoms with E-state index in [0.717, 1.165) is 5.92 Å². The fourth-order valence-corrected chi connectivity index (χ4v) is 1.89. The zero-order valence-electron chi connectivity index (χ0n) is 8.55. The predicted octanol–water partition coefficient (Wildman–Crippen LogP) is 4.60. The summed E-state index contributed by atoms with van der Waals surface area (Å²) in [5, 5.41) is 0. The lowest BCUT2D eigenvalue weighted by Gasteiger charge is -2.18. The molecule has 1 aromatic carbocycles. The normalized spacial score (nSPS) is 15.4. The van der Waals surface area contributed by atoms with Crippen LogP contribution in [0.1, 0.15) is 38.7 Å². The van der Waals surface area contributed by atoms with Crippen molar-refractivity contribution in [2.75, 3.05) is 0 Å². The summed E-state index contributed by atoms with van der Waals surface area (Å²) < 4.78 is 1.18. The van der Waals surface area contributed by atoms with E-state index in [1.807, 2.05) is 0 Å².